The van der Waals surface area contributed by atoms with Crippen LogP contribution in [0.4, 0.5) is 0 Å². The van der Waals surface area contributed by atoms with Crippen LogP contribution in [-0.2, 0) is 6.42 Å². The largest absolute Gasteiger partial charge is 0.325 e. The lowest BCUT2D eigenvalue weighted by Gasteiger charge is -2.40. The van der Waals surface area contributed by atoms with E-state index in [0.29, 0.717) is 6.04 Å². The molecule has 20 heavy (non-hydrogen) atoms. The van der Waals surface area contributed by atoms with Crippen molar-refractivity contribution in [2.45, 2.75) is 76.8 Å². The lowest BCUT2D eigenvalue weighted by molar-refractivity contribution is 0.174. The zero-order valence-corrected chi connectivity index (χ0v) is 13.0. The van der Waals surface area contributed by atoms with Crippen LogP contribution in [0.15, 0.2) is 12.3 Å². The van der Waals surface area contributed by atoms with Crippen molar-refractivity contribution in [3.63, 3.8) is 0 Å². The number of hydrogen-bond donors (Lipinski definition) is 1. The van der Waals surface area contributed by atoms with Crippen LogP contribution in [0.25, 0.3) is 0 Å². The first kappa shape index (κ1) is 14.1. The second-order valence-corrected chi connectivity index (χ2v) is 7.46. The summed E-state index contributed by atoms with van der Waals surface area (Å²) in [4.78, 5) is 0. The van der Waals surface area contributed by atoms with Gasteiger partial charge in [-0.15, -0.1) is 0 Å². The molecule has 0 spiro atoms. The Kier molecular flexibility index (Phi) is 3.89. The molecule has 3 nitrogen and oxygen atoms in total. The molecule has 1 aromatic heterocycles. The van der Waals surface area contributed by atoms with Gasteiger partial charge < -0.3 is 5.73 Å². The Hall–Kier alpha value is -0.830. The number of rotatable bonds is 3. The number of aromatic nitrogens is 2. The fraction of sp³-hybridized carbons (Fsp3) is 0.824. The Morgan fingerprint density at radius 2 is 2.00 bits per heavy atom. The van der Waals surface area contributed by atoms with Crippen molar-refractivity contribution in [2.75, 3.05) is 0 Å². The van der Waals surface area contributed by atoms with E-state index in [1.807, 2.05) is 0 Å². The summed E-state index contributed by atoms with van der Waals surface area (Å²) < 4.78 is 2.20. The maximum atomic E-state index is 6.66. The molecule has 2 aliphatic rings. The summed E-state index contributed by atoms with van der Waals surface area (Å²) in [5, 5.41) is 4.81. The molecule has 2 saturated carbocycles. The second kappa shape index (κ2) is 5.51. The first-order valence-electron chi connectivity index (χ1n) is 8.39. The average molecular weight is 275 g/mol. The van der Waals surface area contributed by atoms with Crippen LogP contribution >= 0.6 is 0 Å². The van der Waals surface area contributed by atoms with Gasteiger partial charge in [0.2, 0.25) is 0 Å². The van der Waals surface area contributed by atoms with Crippen molar-refractivity contribution in [3.8, 4) is 0 Å². The van der Waals surface area contributed by atoms with E-state index >= 15 is 0 Å². The molecule has 3 heteroatoms. The van der Waals surface area contributed by atoms with Crippen molar-refractivity contribution < 1.29 is 0 Å². The topological polar surface area (TPSA) is 43.8 Å². The van der Waals surface area contributed by atoms with Crippen molar-refractivity contribution >= 4 is 0 Å². The third-order valence-electron chi connectivity index (χ3n) is 5.69. The molecule has 0 aromatic carbocycles. The third-order valence-corrected chi connectivity index (χ3v) is 5.69. The average Bonchev–Trinajstić information content (AvgIpc) is 3.04. The zero-order chi connectivity index (χ0) is 14.2. The van der Waals surface area contributed by atoms with Crippen molar-refractivity contribution in [2.24, 2.45) is 17.6 Å². The van der Waals surface area contributed by atoms with E-state index in [1.54, 1.807) is 0 Å². The van der Waals surface area contributed by atoms with Crippen LogP contribution in [0.1, 0.15) is 70.5 Å². The smallest absolute Gasteiger partial charge is 0.0643 e. The molecule has 1 aromatic rings. The van der Waals surface area contributed by atoms with Crippen LogP contribution in [0.3, 0.4) is 0 Å². The van der Waals surface area contributed by atoms with E-state index in [1.165, 1.54) is 37.8 Å². The van der Waals surface area contributed by atoms with Gasteiger partial charge in [0.05, 0.1) is 11.7 Å². The quantitative estimate of drug-likeness (QED) is 0.914. The molecule has 3 unspecified atom stereocenters. The van der Waals surface area contributed by atoms with E-state index in [2.05, 4.69) is 30.8 Å². The molecule has 0 saturated heterocycles. The highest BCUT2D eigenvalue weighted by atomic mass is 15.3. The lowest BCUT2D eigenvalue weighted by Crippen LogP contribution is -2.47. The predicted molar refractivity (Wildman–Crippen MR) is 82.5 cm³/mol. The number of nitrogens with two attached hydrogens (primary N) is 1. The minimum atomic E-state index is -0.0270. The molecule has 2 aliphatic carbocycles. The fourth-order valence-corrected chi connectivity index (χ4v) is 4.11. The Labute approximate surface area is 122 Å². The van der Waals surface area contributed by atoms with Gasteiger partial charge >= 0.3 is 0 Å². The summed E-state index contributed by atoms with van der Waals surface area (Å²) in [6, 6.07) is 2.83. The molecule has 2 fully saturated rings. The van der Waals surface area contributed by atoms with Gasteiger partial charge in [-0.1, -0.05) is 26.7 Å². The van der Waals surface area contributed by atoms with Crippen molar-refractivity contribution in [3.05, 3.63) is 18.0 Å². The minimum absolute atomic E-state index is 0.0270. The predicted octanol–water partition coefficient (Wildman–Crippen LogP) is 3.69. The highest BCUT2D eigenvalue weighted by Gasteiger charge is 2.35. The SMILES string of the molecule is CC1CCC(N)(Cc2ccn(C3CCCC3)n2)CC1C. The molecular formula is C17H29N3. The maximum Gasteiger partial charge on any atom is 0.0643 e. The normalized spacial score (nSPS) is 35.5. The standard InChI is InChI=1S/C17H29N3/c1-13-7-9-17(18,11-14(13)2)12-15-8-10-20(19-15)16-5-3-4-6-16/h8,10,13-14,16H,3-7,9,11-12,18H2,1-2H3. The molecule has 0 radical (unpaired) electrons. The van der Waals surface area contributed by atoms with Crippen LogP contribution in [0.5, 0.6) is 0 Å². The fourth-order valence-electron chi connectivity index (χ4n) is 4.11. The van der Waals surface area contributed by atoms with E-state index < -0.39 is 0 Å². The first-order valence-corrected chi connectivity index (χ1v) is 8.39. The second-order valence-electron chi connectivity index (χ2n) is 7.46. The van der Waals surface area contributed by atoms with Crippen LogP contribution in [0.2, 0.25) is 0 Å². The van der Waals surface area contributed by atoms with Crippen LogP contribution in [0, 0.1) is 11.8 Å². The van der Waals surface area contributed by atoms with Gasteiger partial charge in [0.15, 0.2) is 0 Å². The minimum Gasteiger partial charge on any atom is -0.325 e. The molecule has 2 N–H and O–H groups in total. The molecule has 3 rings (SSSR count). The summed E-state index contributed by atoms with van der Waals surface area (Å²) in [6.45, 7) is 4.71. The van der Waals surface area contributed by atoms with Crippen molar-refractivity contribution in [1.82, 2.24) is 9.78 Å². The Balaban J connectivity index is 1.65. The monoisotopic (exact) mass is 275 g/mol. The Morgan fingerprint density at radius 1 is 1.25 bits per heavy atom. The number of hydrogen-bond acceptors (Lipinski definition) is 2. The Bertz CT molecular complexity index is 447. The van der Waals surface area contributed by atoms with Crippen LogP contribution in [-0.4, -0.2) is 15.3 Å². The molecule has 3 atom stereocenters. The van der Waals surface area contributed by atoms with E-state index in [0.717, 1.165) is 31.1 Å². The van der Waals surface area contributed by atoms with Gasteiger partial charge in [0.1, 0.15) is 0 Å². The van der Waals surface area contributed by atoms with E-state index in [9.17, 15) is 0 Å². The molecule has 1 heterocycles. The first-order chi connectivity index (χ1) is 9.56. The molecule has 0 bridgehead atoms. The van der Waals surface area contributed by atoms with Gasteiger partial charge in [-0.3, -0.25) is 4.68 Å². The van der Waals surface area contributed by atoms with E-state index in [-0.39, 0.29) is 5.54 Å². The van der Waals surface area contributed by atoms with Gasteiger partial charge in [0.25, 0.3) is 0 Å². The summed E-state index contributed by atoms with van der Waals surface area (Å²) in [5.41, 5.74) is 7.83. The molecule has 112 valence electrons. The molecule has 0 amide bonds. The summed E-state index contributed by atoms with van der Waals surface area (Å²) in [7, 11) is 0. The lowest BCUT2D eigenvalue weighted by atomic mass is 9.70. The highest BCUT2D eigenvalue weighted by molar-refractivity contribution is 5.08. The highest BCUT2D eigenvalue weighted by Crippen LogP contribution is 2.36. The molecular weight excluding hydrogens is 246 g/mol. The zero-order valence-electron chi connectivity index (χ0n) is 13.0. The van der Waals surface area contributed by atoms with Gasteiger partial charge in [-0.05, 0) is 50.0 Å². The third kappa shape index (κ3) is 2.93. The van der Waals surface area contributed by atoms with Crippen molar-refractivity contribution in [1.29, 1.82) is 0 Å². The van der Waals surface area contributed by atoms with Gasteiger partial charge in [0, 0.05) is 18.2 Å². The van der Waals surface area contributed by atoms with E-state index in [4.69, 9.17) is 10.8 Å². The van der Waals surface area contributed by atoms with Crippen LogP contribution < -0.4 is 5.73 Å². The number of nitrogens with zero attached hydrogens (tertiary/aromatic N) is 2. The summed E-state index contributed by atoms with van der Waals surface area (Å²) in [6.07, 6.45) is 12.0. The maximum absolute atomic E-state index is 6.66. The summed E-state index contributed by atoms with van der Waals surface area (Å²) in [5.74, 6) is 1.56. The summed E-state index contributed by atoms with van der Waals surface area (Å²) >= 11 is 0. The molecule has 0 aliphatic heterocycles. The Morgan fingerprint density at radius 3 is 2.70 bits per heavy atom. The van der Waals surface area contributed by atoms with Gasteiger partial charge in [-0.25, -0.2) is 0 Å². The van der Waals surface area contributed by atoms with Gasteiger partial charge in [-0.2, -0.15) is 5.10 Å².